The van der Waals surface area contributed by atoms with Gasteiger partial charge < -0.3 is 10.6 Å². The number of pyridine rings is 1. The van der Waals surface area contributed by atoms with E-state index < -0.39 is 29.6 Å². The van der Waals surface area contributed by atoms with E-state index in [1.165, 1.54) is 18.3 Å². The van der Waals surface area contributed by atoms with Gasteiger partial charge in [0.15, 0.2) is 0 Å². The zero-order valence-corrected chi connectivity index (χ0v) is 23.5. The predicted octanol–water partition coefficient (Wildman–Crippen LogP) is 6.74. The molecule has 42 heavy (non-hydrogen) atoms. The van der Waals surface area contributed by atoms with Crippen LogP contribution in [0.5, 0.6) is 0 Å². The Morgan fingerprint density at radius 2 is 1.69 bits per heavy atom. The Hall–Kier alpha value is -4.21. The molecule has 0 bridgehead atoms. The zero-order chi connectivity index (χ0) is 30.1. The van der Waals surface area contributed by atoms with Crippen LogP contribution in [-0.2, 0) is 20.6 Å². The number of hydrogen-bond donors (Lipinski definition) is 2. The molecule has 7 nitrogen and oxygen atoms in total. The quantitative estimate of drug-likeness (QED) is 0.278. The summed E-state index contributed by atoms with van der Waals surface area (Å²) in [6.07, 6.45) is 1.47. The maximum absolute atomic E-state index is 13.9. The van der Waals surface area contributed by atoms with Gasteiger partial charge in [0.2, 0.25) is 17.7 Å². The Labute approximate surface area is 243 Å². The van der Waals surface area contributed by atoms with Gasteiger partial charge in [0.1, 0.15) is 11.9 Å². The number of carbonyl (C=O) groups excluding carboxylic acids is 3. The van der Waals surface area contributed by atoms with Crippen molar-refractivity contribution in [3.05, 3.63) is 89.6 Å². The van der Waals surface area contributed by atoms with Gasteiger partial charge in [-0.1, -0.05) is 61.2 Å². The Morgan fingerprint density at radius 1 is 0.952 bits per heavy atom. The van der Waals surface area contributed by atoms with E-state index in [2.05, 4.69) is 15.6 Å². The van der Waals surface area contributed by atoms with Crippen molar-refractivity contribution in [1.82, 2.24) is 10.3 Å². The highest BCUT2D eigenvalue weighted by atomic mass is 19.4. The second kappa shape index (κ2) is 14.1. The van der Waals surface area contributed by atoms with E-state index in [0.29, 0.717) is 11.4 Å². The molecule has 0 saturated heterocycles. The fourth-order valence-corrected chi connectivity index (χ4v) is 5.13. The monoisotopic (exact) mass is 580 g/mol. The van der Waals surface area contributed by atoms with Crippen molar-refractivity contribution >= 4 is 29.2 Å². The van der Waals surface area contributed by atoms with Gasteiger partial charge in [0, 0.05) is 30.8 Å². The molecule has 0 spiro atoms. The van der Waals surface area contributed by atoms with Gasteiger partial charge in [-0.3, -0.25) is 19.3 Å². The lowest BCUT2D eigenvalue weighted by Crippen LogP contribution is -2.47. The molecule has 3 amide bonds. The van der Waals surface area contributed by atoms with Gasteiger partial charge in [-0.15, -0.1) is 0 Å². The zero-order valence-electron chi connectivity index (χ0n) is 23.5. The average Bonchev–Trinajstić information content (AvgIpc) is 2.97. The molecule has 1 aliphatic carbocycles. The molecule has 0 aliphatic heterocycles. The molecule has 1 saturated carbocycles. The summed E-state index contributed by atoms with van der Waals surface area (Å²) >= 11 is 0. The maximum atomic E-state index is 13.9. The van der Waals surface area contributed by atoms with Gasteiger partial charge in [0.25, 0.3) is 0 Å². The van der Waals surface area contributed by atoms with Crippen molar-refractivity contribution in [2.24, 2.45) is 0 Å². The first-order valence-corrected chi connectivity index (χ1v) is 14.2. The predicted molar refractivity (Wildman–Crippen MR) is 155 cm³/mol. The first-order valence-electron chi connectivity index (χ1n) is 14.2. The fourth-order valence-electron chi connectivity index (χ4n) is 5.13. The SMILES string of the molecule is Cc1ccc([C@@H](C(=O)NC2CCCCC2)N(C(=O)CCCC(=O)Nc2ccccn2)c2cccc(C(F)(F)F)c2)cc1. The smallest absolute Gasteiger partial charge is 0.351 e. The molecule has 3 aromatic rings. The van der Waals surface area contributed by atoms with Gasteiger partial charge in [-0.25, -0.2) is 4.98 Å². The summed E-state index contributed by atoms with van der Waals surface area (Å²) in [4.78, 5) is 45.4. The second-order valence-corrected chi connectivity index (χ2v) is 10.6. The number of amides is 3. The van der Waals surface area contributed by atoms with E-state index in [0.717, 1.165) is 54.7 Å². The van der Waals surface area contributed by atoms with Crippen molar-refractivity contribution in [3.63, 3.8) is 0 Å². The van der Waals surface area contributed by atoms with Gasteiger partial charge in [0.05, 0.1) is 5.56 Å². The second-order valence-electron chi connectivity index (χ2n) is 10.6. The lowest BCUT2D eigenvalue weighted by atomic mass is 9.94. The van der Waals surface area contributed by atoms with Crippen LogP contribution in [0.25, 0.3) is 0 Å². The third kappa shape index (κ3) is 8.41. The third-order valence-electron chi connectivity index (χ3n) is 7.30. The number of nitrogens with one attached hydrogen (secondary N) is 2. The summed E-state index contributed by atoms with van der Waals surface area (Å²) < 4.78 is 41.1. The van der Waals surface area contributed by atoms with E-state index in [4.69, 9.17) is 0 Å². The molecule has 2 N–H and O–H groups in total. The first-order chi connectivity index (χ1) is 20.1. The van der Waals surface area contributed by atoms with Crippen LogP contribution in [0.2, 0.25) is 0 Å². The van der Waals surface area contributed by atoms with Crippen LogP contribution < -0.4 is 15.5 Å². The number of anilines is 2. The van der Waals surface area contributed by atoms with Crippen LogP contribution >= 0.6 is 0 Å². The van der Waals surface area contributed by atoms with E-state index in [1.807, 2.05) is 6.92 Å². The molecular weight excluding hydrogens is 545 g/mol. The largest absolute Gasteiger partial charge is 0.416 e. The number of halogens is 3. The first kappa shape index (κ1) is 30.7. The number of carbonyl (C=O) groups is 3. The fraction of sp³-hybridized carbons (Fsp3) is 0.375. The molecule has 1 atom stereocenters. The normalized spacial score (nSPS) is 14.6. The highest BCUT2D eigenvalue weighted by molar-refractivity contribution is 6.01. The molecule has 1 aromatic heterocycles. The third-order valence-corrected chi connectivity index (χ3v) is 7.30. The molecule has 0 radical (unpaired) electrons. The molecule has 1 aliphatic rings. The number of nitrogens with zero attached hydrogens (tertiary/aromatic N) is 2. The molecule has 1 fully saturated rings. The minimum atomic E-state index is -4.64. The summed E-state index contributed by atoms with van der Waals surface area (Å²) in [7, 11) is 0. The summed E-state index contributed by atoms with van der Waals surface area (Å²) in [5.41, 5.74) is 0.439. The average molecular weight is 581 g/mol. The van der Waals surface area contributed by atoms with E-state index in [9.17, 15) is 27.6 Å². The standard InChI is InChI=1S/C32H35F3N4O3/c1-22-16-18-23(19-17-22)30(31(42)37-25-10-3-2-4-11-25)39(26-12-7-9-24(21-26)32(33,34)35)29(41)15-8-14-28(40)38-27-13-5-6-20-36-27/h5-7,9,12-13,16-21,25,30H,2-4,8,10-11,14-15H2,1H3,(H,37,42)(H,36,38,40)/t30-/m0/s1. The lowest BCUT2D eigenvalue weighted by molar-refractivity contribution is -0.137. The summed E-state index contributed by atoms with van der Waals surface area (Å²) in [5.74, 6) is -0.996. The number of hydrogen-bond acceptors (Lipinski definition) is 4. The van der Waals surface area contributed by atoms with Gasteiger partial charge in [-0.05, 0) is 62.1 Å². The molecule has 1 heterocycles. The van der Waals surface area contributed by atoms with Crippen LogP contribution in [0.1, 0.15) is 74.1 Å². The van der Waals surface area contributed by atoms with Crippen molar-refractivity contribution in [2.45, 2.75) is 76.6 Å². The molecule has 0 unspecified atom stereocenters. The van der Waals surface area contributed by atoms with Crippen molar-refractivity contribution in [3.8, 4) is 0 Å². The lowest BCUT2D eigenvalue weighted by Gasteiger charge is -2.34. The maximum Gasteiger partial charge on any atom is 0.416 e. The minimum Gasteiger partial charge on any atom is -0.351 e. The van der Waals surface area contributed by atoms with Crippen LogP contribution in [0, 0.1) is 6.92 Å². The Balaban J connectivity index is 1.64. The molecule has 4 rings (SSSR count). The highest BCUT2D eigenvalue weighted by Crippen LogP contribution is 2.35. The highest BCUT2D eigenvalue weighted by Gasteiger charge is 2.36. The van der Waals surface area contributed by atoms with E-state index in [-0.39, 0.29) is 36.9 Å². The Morgan fingerprint density at radius 3 is 2.36 bits per heavy atom. The Bertz CT molecular complexity index is 1360. The Kier molecular flexibility index (Phi) is 10.3. The van der Waals surface area contributed by atoms with Crippen LogP contribution in [-0.4, -0.2) is 28.7 Å². The van der Waals surface area contributed by atoms with E-state index in [1.54, 1.807) is 42.5 Å². The number of rotatable bonds is 10. The molecular formula is C32H35F3N4O3. The van der Waals surface area contributed by atoms with Crippen LogP contribution in [0.4, 0.5) is 24.7 Å². The van der Waals surface area contributed by atoms with Crippen molar-refractivity contribution in [2.75, 3.05) is 10.2 Å². The molecule has 10 heteroatoms. The van der Waals surface area contributed by atoms with Crippen molar-refractivity contribution < 1.29 is 27.6 Å². The molecule has 2 aromatic carbocycles. The van der Waals surface area contributed by atoms with Crippen LogP contribution in [0.15, 0.2) is 72.9 Å². The summed E-state index contributed by atoms with van der Waals surface area (Å²) in [5, 5.41) is 5.71. The van der Waals surface area contributed by atoms with E-state index >= 15 is 0 Å². The van der Waals surface area contributed by atoms with Gasteiger partial charge in [-0.2, -0.15) is 13.2 Å². The number of aryl methyl sites for hydroxylation is 1. The number of benzene rings is 2. The number of alkyl halides is 3. The summed E-state index contributed by atoms with van der Waals surface area (Å²) in [6.45, 7) is 1.88. The van der Waals surface area contributed by atoms with Crippen molar-refractivity contribution in [1.29, 1.82) is 0 Å². The topological polar surface area (TPSA) is 91.4 Å². The number of aromatic nitrogens is 1. The summed E-state index contributed by atoms with van der Waals surface area (Å²) in [6, 6.07) is 15.3. The van der Waals surface area contributed by atoms with Crippen LogP contribution in [0.3, 0.4) is 0 Å². The molecule has 222 valence electrons. The van der Waals surface area contributed by atoms with Gasteiger partial charge >= 0.3 is 6.18 Å². The minimum absolute atomic E-state index is 0.0117.